The van der Waals surface area contributed by atoms with Crippen molar-refractivity contribution in [3.8, 4) is 0 Å². The van der Waals surface area contributed by atoms with E-state index in [1.54, 1.807) is 0 Å². The van der Waals surface area contributed by atoms with Crippen molar-refractivity contribution in [3.63, 3.8) is 0 Å². The van der Waals surface area contributed by atoms with Gasteiger partial charge in [-0.25, -0.2) is 0 Å². The number of benzene rings is 2. The number of halogens is 3. The molecule has 6 nitrogen and oxygen atoms in total. The summed E-state index contributed by atoms with van der Waals surface area (Å²) in [4.78, 5) is 2.03. The second-order valence-electron chi connectivity index (χ2n) is 6.72. The number of para-hydroxylation sites is 1. The SMILES string of the molecule is CC(Nc1ccc(=N)n(C(=N)C(F)(F)F)n1)c1cccc(N(C)c2ccccc2)c1. The minimum Gasteiger partial charge on any atom is -0.362 e. The Hall–Kier alpha value is -3.62. The van der Waals surface area contributed by atoms with Gasteiger partial charge >= 0.3 is 6.18 Å². The van der Waals surface area contributed by atoms with Gasteiger partial charge in [-0.1, -0.05) is 30.3 Å². The van der Waals surface area contributed by atoms with Crippen LogP contribution >= 0.6 is 0 Å². The first-order valence-corrected chi connectivity index (χ1v) is 9.13. The van der Waals surface area contributed by atoms with E-state index in [1.807, 2.05) is 73.5 Å². The van der Waals surface area contributed by atoms with Crippen LogP contribution in [-0.4, -0.2) is 28.8 Å². The molecule has 30 heavy (non-hydrogen) atoms. The zero-order valence-corrected chi connectivity index (χ0v) is 16.4. The maximum Gasteiger partial charge on any atom is 0.451 e. The standard InChI is InChI=1S/C21H21F3N6/c1-14(27-19-12-11-18(25)30(28-19)20(26)21(22,23)24)15-7-6-10-17(13-15)29(2)16-8-4-3-5-9-16/h3-14,25-26H,1-2H3,(H,27,28). The smallest absolute Gasteiger partial charge is 0.362 e. The summed E-state index contributed by atoms with van der Waals surface area (Å²) in [5.74, 6) is -1.58. The second-order valence-corrected chi connectivity index (χ2v) is 6.72. The van der Waals surface area contributed by atoms with E-state index in [1.165, 1.54) is 12.1 Å². The molecule has 1 atom stereocenters. The Morgan fingerprint density at radius 3 is 2.37 bits per heavy atom. The number of hydrogen-bond acceptors (Lipinski definition) is 5. The molecule has 0 spiro atoms. The minimum absolute atomic E-state index is 0.134. The molecule has 0 aliphatic heterocycles. The summed E-state index contributed by atoms with van der Waals surface area (Å²) in [7, 11) is 1.95. The van der Waals surface area contributed by atoms with Crippen LogP contribution in [-0.2, 0) is 0 Å². The fourth-order valence-electron chi connectivity index (χ4n) is 2.90. The summed E-state index contributed by atoms with van der Waals surface area (Å²) >= 11 is 0. The molecule has 0 radical (unpaired) electrons. The van der Waals surface area contributed by atoms with Crippen molar-refractivity contribution in [2.24, 2.45) is 0 Å². The largest absolute Gasteiger partial charge is 0.451 e. The molecule has 0 aliphatic carbocycles. The molecule has 2 aromatic carbocycles. The highest BCUT2D eigenvalue weighted by molar-refractivity contribution is 5.85. The fourth-order valence-corrected chi connectivity index (χ4v) is 2.90. The lowest BCUT2D eigenvalue weighted by Crippen LogP contribution is -2.38. The molecule has 156 valence electrons. The van der Waals surface area contributed by atoms with Crippen molar-refractivity contribution >= 4 is 23.0 Å². The number of nitrogens with one attached hydrogen (secondary N) is 3. The van der Waals surface area contributed by atoms with Crippen LogP contribution in [0.5, 0.6) is 0 Å². The van der Waals surface area contributed by atoms with Crippen LogP contribution in [0.15, 0.2) is 66.7 Å². The molecule has 1 aromatic heterocycles. The second kappa shape index (κ2) is 8.40. The van der Waals surface area contributed by atoms with Crippen molar-refractivity contribution in [1.82, 2.24) is 9.78 Å². The minimum atomic E-state index is -4.89. The third-order valence-corrected chi connectivity index (χ3v) is 4.58. The Labute approximate surface area is 171 Å². The van der Waals surface area contributed by atoms with Gasteiger partial charge in [-0.2, -0.15) is 17.9 Å². The van der Waals surface area contributed by atoms with E-state index in [2.05, 4.69) is 10.4 Å². The van der Waals surface area contributed by atoms with Crippen molar-refractivity contribution in [3.05, 3.63) is 77.8 Å². The Morgan fingerprint density at radius 1 is 1.03 bits per heavy atom. The number of hydrogen-bond donors (Lipinski definition) is 3. The highest BCUT2D eigenvalue weighted by atomic mass is 19.4. The lowest BCUT2D eigenvalue weighted by molar-refractivity contribution is -0.0632. The van der Waals surface area contributed by atoms with Gasteiger partial charge in [-0.05, 0) is 48.9 Å². The van der Waals surface area contributed by atoms with Crippen molar-refractivity contribution in [2.45, 2.75) is 19.1 Å². The number of nitrogens with zero attached hydrogens (tertiary/aromatic N) is 3. The van der Waals surface area contributed by atoms with Crippen LogP contribution in [0.25, 0.3) is 0 Å². The first kappa shape index (κ1) is 21.1. The van der Waals surface area contributed by atoms with Gasteiger partial charge in [0, 0.05) is 18.4 Å². The average molecular weight is 414 g/mol. The van der Waals surface area contributed by atoms with Crippen molar-refractivity contribution < 1.29 is 13.2 Å². The topological polar surface area (TPSA) is 80.8 Å². The number of rotatable bonds is 5. The monoisotopic (exact) mass is 414 g/mol. The number of aromatic nitrogens is 2. The summed E-state index contributed by atoms with van der Waals surface area (Å²) in [5, 5.41) is 21.7. The number of anilines is 3. The molecule has 1 heterocycles. The predicted molar refractivity (Wildman–Crippen MR) is 110 cm³/mol. The molecule has 0 bridgehead atoms. The van der Waals surface area contributed by atoms with E-state index >= 15 is 0 Å². The van der Waals surface area contributed by atoms with E-state index in [4.69, 9.17) is 10.8 Å². The number of alkyl halides is 3. The van der Waals surface area contributed by atoms with Gasteiger partial charge in [0.1, 0.15) is 11.3 Å². The summed E-state index contributed by atoms with van der Waals surface area (Å²) in [6.45, 7) is 1.86. The normalized spacial score (nSPS) is 12.3. The van der Waals surface area contributed by atoms with Gasteiger partial charge in [0.05, 0.1) is 6.04 Å². The van der Waals surface area contributed by atoms with Crippen molar-refractivity contribution in [2.75, 3.05) is 17.3 Å². The zero-order chi connectivity index (χ0) is 21.9. The summed E-state index contributed by atoms with van der Waals surface area (Å²) in [6.07, 6.45) is -4.89. The fraction of sp³-hybridized carbons (Fsp3) is 0.190. The van der Waals surface area contributed by atoms with Gasteiger partial charge in [-0.15, -0.1) is 5.10 Å². The summed E-state index contributed by atoms with van der Waals surface area (Å²) < 4.78 is 38.8. The van der Waals surface area contributed by atoms with Crippen LogP contribution in [0.2, 0.25) is 0 Å². The molecule has 1 unspecified atom stereocenters. The first-order valence-electron chi connectivity index (χ1n) is 9.13. The van der Waals surface area contributed by atoms with E-state index in [0.717, 1.165) is 16.9 Å². The van der Waals surface area contributed by atoms with E-state index < -0.39 is 17.5 Å². The van der Waals surface area contributed by atoms with Crippen LogP contribution in [0, 0.1) is 10.8 Å². The Morgan fingerprint density at radius 2 is 1.70 bits per heavy atom. The molecule has 3 N–H and O–H groups in total. The molecule has 0 amide bonds. The van der Waals surface area contributed by atoms with Gasteiger partial charge in [-0.3, -0.25) is 10.8 Å². The maximum absolute atomic E-state index is 12.8. The average Bonchev–Trinajstić information content (AvgIpc) is 2.74. The Kier molecular flexibility index (Phi) is 5.91. The molecule has 3 rings (SSSR count). The third kappa shape index (κ3) is 4.68. The molecule has 0 aliphatic rings. The molecular weight excluding hydrogens is 393 g/mol. The lowest BCUT2D eigenvalue weighted by atomic mass is 10.1. The predicted octanol–water partition coefficient (Wildman–Crippen LogP) is 4.69. The lowest BCUT2D eigenvalue weighted by Gasteiger charge is -2.22. The molecule has 3 aromatic rings. The first-order chi connectivity index (χ1) is 14.2. The van der Waals surface area contributed by atoms with Gasteiger partial charge in [0.25, 0.3) is 0 Å². The Balaban J connectivity index is 1.82. The highest BCUT2D eigenvalue weighted by Crippen LogP contribution is 2.27. The quantitative estimate of drug-likeness (QED) is 0.418. The highest BCUT2D eigenvalue weighted by Gasteiger charge is 2.37. The van der Waals surface area contributed by atoms with Crippen LogP contribution in [0.1, 0.15) is 18.5 Å². The van der Waals surface area contributed by atoms with Crippen LogP contribution in [0.3, 0.4) is 0 Å². The molecule has 0 saturated carbocycles. The third-order valence-electron chi connectivity index (χ3n) is 4.58. The summed E-state index contributed by atoms with van der Waals surface area (Å²) in [6, 6.07) is 19.9. The molecule has 0 saturated heterocycles. The van der Waals surface area contributed by atoms with Gasteiger partial charge in [0.15, 0.2) is 0 Å². The zero-order valence-electron chi connectivity index (χ0n) is 16.4. The van der Waals surface area contributed by atoms with Crippen LogP contribution in [0.4, 0.5) is 30.4 Å². The molecule has 0 fully saturated rings. The molecular formula is C21H21F3N6. The van der Waals surface area contributed by atoms with E-state index in [-0.39, 0.29) is 16.5 Å². The Bertz CT molecular complexity index is 1090. The summed E-state index contributed by atoms with van der Waals surface area (Å²) in [5.41, 5.74) is 2.36. The van der Waals surface area contributed by atoms with Crippen LogP contribution < -0.4 is 15.7 Å². The van der Waals surface area contributed by atoms with E-state index in [9.17, 15) is 13.2 Å². The van der Waals surface area contributed by atoms with E-state index in [0.29, 0.717) is 0 Å². The molecule has 9 heteroatoms. The van der Waals surface area contributed by atoms with Gasteiger partial charge < -0.3 is 10.2 Å². The maximum atomic E-state index is 12.8. The van der Waals surface area contributed by atoms with Gasteiger partial charge in [0.2, 0.25) is 5.84 Å². The van der Waals surface area contributed by atoms with Crippen molar-refractivity contribution in [1.29, 1.82) is 10.8 Å².